The zero-order chi connectivity index (χ0) is 13.8. The number of methoxy groups -OCH3 is 1. The first-order valence-electron chi connectivity index (χ1n) is 6.35. The topological polar surface area (TPSA) is 79.0 Å². The predicted octanol–water partition coefficient (Wildman–Crippen LogP) is 1.26. The maximum atomic E-state index is 5.23. The van der Waals surface area contributed by atoms with E-state index < -0.39 is 0 Å². The number of aromatic nitrogens is 4. The Balaban J connectivity index is 2.48. The molecular weight excluding hydrogens is 244 g/mol. The molecule has 104 valence electrons. The van der Waals surface area contributed by atoms with Crippen LogP contribution in [0.15, 0.2) is 6.33 Å². The number of nitrogens with one attached hydrogen (secondary N) is 2. The first-order chi connectivity index (χ1) is 9.21. The average Bonchev–Trinajstić information content (AvgIpc) is 2.87. The van der Waals surface area contributed by atoms with Gasteiger partial charge >= 0.3 is 0 Å². The molecule has 19 heavy (non-hydrogen) atoms. The maximum absolute atomic E-state index is 5.23. The van der Waals surface area contributed by atoms with Crippen molar-refractivity contribution in [2.75, 3.05) is 37.5 Å². The molecule has 0 saturated heterocycles. The van der Waals surface area contributed by atoms with E-state index in [2.05, 4.69) is 44.0 Å². The maximum Gasteiger partial charge on any atom is 0.226 e. The highest BCUT2D eigenvalue weighted by molar-refractivity contribution is 5.84. The number of fused-ring (bicyclic) bond motifs is 1. The minimum Gasteiger partial charge on any atom is -0.383 e. The van der Waals surface area contributed by atoms with Crippen LogP contribution in [0.25, 0.3) is 11.2 Å². The molecule has 2 N–H and O–H groups in total. The van der Waals surface area contributed by atoms with Crippen molar-refractivity contribution in [1.82, 2.24) is 19.9 Å². The zero-order valence-electron chi connectivity index (χ0n) is 11.8. The second-order valence-electron chi connectivity index (χ2n) is 4.31. The molecule has 2 aromatic heterocycles. The van der Waals surface area contributed by atoms with Crippen molar-refractivity contribution in [3.8, 4) is 0 Å². The summed E-state index contributed by atoms with van der Waals surface area (Å²) in [5.74, 6) is 1.41. The zero-order valence-corrected chi connectivity index (χ0v) is 11.8. The van der Waals surface area contributed by atoms with Crippen molar-refractivity contribution >= 4 is 22.9 Å². The molecule has 1 atom stereocenters. The van der Waals surface area contributed by atoms with Gasteiger partial charge in [-0.1, -0.05) is 0 Å². The standard InChI is InChI=1S/C12H20N6O/c1-5-18(8(2)6-19-4)11-9-10(15-7-14-9)16-12(13-3)17-11/h7-8H,5-6H2,1-4H3,(H2,13,14,15,16,17). The number of hydrogen-bond donors (Lipinski definition) is 2. The molecule has 0 aliphatic rings. The summed E-state index contributed by atoms with van der Waals surface area (Å²) >= 11 is 0. The van der Waals surface area contributed by atoms with E-state index >= 15 is 0 Å². The summed E-state index contributed by atoms with van der Waals surface area (Å²) < 4.78 is 5.23. The molecule has 2 rings (SSSR count). The van der Waals surface area contributed by atoms with E-state index in [1.165, 1.54) is 0 Å². The Labute approximate surface area is 112 Å². The number of imidazole rings is 1. The van der Waals surface area contributed by atoms with E-state index in [1.807, 2.05) is 0 Å². The van der Waals surface area contributed by atoms with Gasteiger partial charge in [0.2, 0.25) is 5.95 Å². The molecule has 1 unspecified atom stereocenters. The molecule has 2 heterocycles. The van der Waals surface area contributed by atoms with Crippen LogP contribution in [0.3, 0.4) is 0 Å². The Bertz CT molecular complexity index is 540. The van der Waals surface area contributed by atoms with Gasteiger partial charge in [-0.25, -0.2) is 4.98 Å². The van der Waals surface area contributed by atoms with Crippen molar-refractivity contribution in [2.45, 2.75) is 19.9 Å². The van der Waals surface area contributed by atoms with Gasteiger partial charge in [-0.15, -0.1) is 0 Å². The SMILES string of the molecule is CCN(c1nc(NC)nc2nc[nH]c12)C(C)COC. The number of aromatic amines is 1. The molecule has 0 aliphatic heterocycles. The molecule has 0 saturated carbocycles. The van der Waals surface area contributed by atoms with Gasteiger partial charge in [0.15, 0.2) is 11.5 Å². The average molecular weight is 264 g/mol. The molecule has 0 bridgehead atoms. The number of hydrogen-bond acceptors (Lipinski definition) is 6. The number of nitrogens with zero attached hydrogens (tertiary/aromatic N) is 4. The normalized spacial score (nSPS) is 12.6. The number of anilines is 2. The second kappa shape index (κ2) is 5.83. The van der Waals surface area contributed by atoms with Gasteiger partial charge in [-0.3, -0.25) is 0 Å². The van der Waals surface area contributed by atoms with E-state index in [9.17, 15) is 0 Å². The number of rotatable bonds is 6. The summed E-state index contributed by atoms with van der Waals surface area (Å²) in [6.45, 7) is 5.67. The molecule has 0 radical (unpaired) electrons. The molecule has 0 fully saturated rings. The van der Waals surface area contributed by atoms with Crippen molar-refractivity contribution in [2.24, 2.45) is 0 Å². The Morgan fingerprint density at radius 2 is 2.26 bits per heavy atom. The van der Waals surface area contributed by atoms with E-state index in [4.69, 9.17) is 4.74 Å². The van der Waals surface area contributed by atoms with Crippen molar-refractivity contribution in [1.29, 1.82) is 0 Å². The van der Waals surface area contributed by atoms with Crippen LogP contribution in [0.4, 0.5) is 11.8 Å². The molecule has 2 aromatic rings. The Morgan fingerprint density at radius 3 is 2.89 bits per heavy atom. The van der Waals surface area contributed by atoms with E-state index in [1.54, 1.807) is 20.5 Å². The molecule has 0 aromatic carbocycles. The summed E-state index contributed by atoms with van der Waals surface area (Å²) in [5.41, 5.74) is 1.52. The lowest BCUT2D eigenvalue weighted by Gasteiger charge is -2.28. The van der Waals surface area contributed by atoms with Gasteiger partial charge in [0.25, 0.3) is 0 Å². The third-order valence-electron chi connectivity index (χ3n) is 3.04. The summed E-state index contributed by atoms with van der Waals surface area (Å²) in [5, 5.41) is 2.97. The van der Waals surface area contributed by atoms with E-state index in [-0.39, 0.29) is 6.04 Å². The summed E-state index contributed by atoms with van der Waals surface area (Å²) in [6.07, 6.45) is 1.64. The highest BCUT2D eigenvalue weighted by Gasteiger charge is 2.19. The van der Waals surface area contributed by atoms with Crippen LogP contribution in [0.2, 0.25) is 0 Å². The fourth-order valence-electron chi connectivity index (χ4n) is 2.14. The van der Waals surface area contributed by atoms with E-state index in [0.717, 1.165) is 17.9 Å². The smallest absolute Gasteiger partial charge is 0.226 e. The van der Waals surface area contributed by atoms with Crippen molar-refractivity contribution in [3.63, 3.8) is 0 Å². The van der Waals surface area contributed by atoms with Crippen LogP contribution in [0.1, 0.15) is 13.8 Å². The Morgan fingerprint density at radius 1 is 1.47 bits per heavy atom. The molecule has 0 aliphatic carbocycles. The third-order valence-corrected chi connectivity index (χ3v) is 3.04. The van der Waals surface area contributed by atoms with Crippen LogP contribution in [-0.4, -0.2) is 53.3 Å². The quantitative estimate of drug-likeness (QED) is 0.817. The Kier molecular flexibility index (Phi) is 4.16. The lowest BCUT2D eigenvalue weighted by molar-refractivity contribution is 0.182. The van der Waals surface area contributed by atoms with Crippen LogP contribution in [0.5, 0.6) is 0 Å². The first-order valence-corrected chi connectivity index (χ1v) is 6.35. The van der Waals surface area contributed by atoms with Crippen LogP contribution in [0, 0.1) is 0 Å². The highest BCUT2D eigenvalue weighted by Crippen LogP contribution is 2.24. The fourth-order valence-corrected chi connectivity index (χ4v) is 2.14. The Hall–Kier alpha value is -1.89. The minimum atomic E-state index is 0.223. The van der Waals surface area contributed by atoms with Crippen LogP contribution < -0.4 is 10.2 Å². The monoisotopic (exact) mass is 264 g/mol. The first kappa shape index (κ1) is 13.5. The van der Waals surface area contributed by atoms with Gasteiger partial charge < -0.3 is 19.9 Å². The predicted molar refractivity (Wildman–Crippen MR) is 75.6 cm³/mol. The lowest BCUT2D eigenvalue weighted by atomic mass is 10.3. The lowest BCUT2D eigenvalue weighted by Crippen LogP contribution is -2.37. The third kappa shape index (κ3) is 2.60. The molecule has 0 spiro atoms. The fraction of sp³-hybridized carbons (Fsp3) is 0.583. The second-order valence-corrected chi connectivity index (χ2v) is 4.31. The summed E-state index contributed by atoms with van der Waals surface area (Å²) in [7, 11) is 3.50. The highest BCUT2D eigenvalue weighted by atomic mass is 16.5. The molecule has 0 amide bonds. The minimum absolute atomic E-state index is 0.223. The van der Waals surface area contributed by atoms with Gasteiger partial charge in [0.05, 0.1) is 19.0 Å². The van der Waals surface area contributed by atoms with Crippen LogP contribution in [-0.2, 0) is 4.74 Å². The number of H-pyrrole nitrogens is 1. The van der Waals surface area contributed by atoms with Gasteiger partial charge in [0.1, 0.15) is 5.52 Å². The van der Waals surface area contributed by atoms with E-state index in [0.29, 0.717) is 18.2 Å². The summed E-state index contributed by atoms with van der Waals surface area (Å²) in [4.78, 5) is 18.3. The van der Waals surface area contributed by atoms with Gasteiger partial charge in [-0.05, 0) is 13.8 Å². The van der Waals surface area contributed by atoms with Crippen molar-refractivity contribution < 1.29 is 4.74 Å². The largest absolute Gasteiger partial charge is 0.383 e. The molecule has 7 nitrogen and oxygen atoms in total. The number of likely N-dealkylation sites (N-methyl/N-ethyl adjacent to an activating group) is 1. The molecule has 7 heteroatoms. The van der Waals surface area contributed by atoms with Crippen LogP contribution >= 0.6 is 0 Å². The van der Waals surface area contributed by atoms with Gasteiger partial charge in [-0.2, -0.15) is 9.97 Å². The van der Waals surface area contributed by atoms with Crippen molar-refractivity contribution in [3.05, 3.63) is 6.33 Å². The number of ether oxygens (including phenoxy) is 1. The van der Waals surface area contributed by atoms with Gasteiger partial charge in [0, 0.05) is 20.7 Å². The summed E-state index contributed by atoms with van der Waals surface area (Å²) in [6, 6.07) is 0.223. The molecular formula is C12H20N6O.